The Labute approximate surface area is 151 Å². The second kappa shape index (κ2) is 7.88. The van der Waals surface area contributed by atoms with Gasteiger partial charge in [0.05, 0.1) is 25.5 Å². The molecule has 0 spiro atoms. The van der Waals surface area contributed by atoms with Gasteiger partial charge in [-0.3, -0.25) is 10.1 Å². The summed E-state index contributed by atoms with van der Waals surface area (Å²) in [4.78, 5) is 11.0. The number of rotatable bonds is 4. The summed E-state index contributed by atoms with van der Waals surface area (Å²) < 4.78 is 17.0. The number of nitrogens with zero attached hydrogens (tertiary/aromatic N) is 4. The van der Waals surface area contributed by atoms with Crippen LogP contribution in [-0.2, 0) is 16.0 Å². The molecule has 0 radical (unpaired) electrons. The molecule has 2 saturated heterocycles. The van der Waals surface area contributed by atoms with E-state index in [0.29, 0.717) is 24.7 Å². The van der Waals surface area contributed by atoms with Crippen LogP contribution in [0.25, 0.3) is 11.6 Å². The van der Waals surface area contributed by atoms with Gasteiger partial charge in [0.1, 0.15) is 11.9 Å². The Hall–Kier alpha value is -2.39. The summed E-state index contributed by atoms with van der Waals surface area (Å²) in [6, 6.07) is 3.65. The molecule has 140 valence electrons. The third-order valence-corrected chi connectivity index (χ3v) is 4.67. The van der Waals surface area contributed by atoms with Crippen LogP contribution in [0.1, 0.15) is 18.7 Å². The maximum absolute atomic E-state index is 5.91. The van der Waals surface area contributed by atoms with Crippen molar-refractivity contribution < 1.29 is 13.9 Å². The Morgan fingerprint density at radius 3 is 3.08 bits per heavy atom. The van der Waals surface area contributed by atoms with Crippen LogP contribution in [0.4, 0.5) is 0 Å². The summed E-state index contributed by atoms with van der Waals surface area (Å²) in [5, 5.41) is 10.4. The second-order valence-electron chi connectivity index (χ2n) is 6.39. The lowest BCUT2D eigenvalue weighted by atomic mass is 10.1. The minimum atomic E-state index is 0.0978. The first kappa shape index (κ1) is 17.0. The summed E-state index contributed by atoms with van der Waals surface area (Å²) in [5.74, 6) is 2.74. The van der Waals surface area contributed by atoms with Gasteiger partial charge in [-0.25, -0.2) is 4.98 Å². The molecular weight excluding hydrogens is 336 g/mol. The minimum absolute atomic E-state index is 0.0978. The Morgan fingerprint density at radius 1 is 1.38 bits per heavy atom. The van der Waals surface area contributed by atoms with Crippen molar-refractivity contribution in [1.82, 2.24) is 25.4 Å². The molecule has 4 rings (SSSR count). The molecule has 2 aliphatic heterocycles. The fraction of sp³-hybridized carbons (Fsp3) is 0.588. The van der Waals surface area contributed by atoms with E-state index in [1.54, 1.807) is 13.3 Å². The Bertz CT molecular complexity index is 723. The number of guanidine groups is 1. The Morgan fingerprint density at radius 2 is 2.31 bits per heavy atom. The zero-order valence-electron chi connectivity index (χ0n) is 14.9. The zero-order valence-corrected chi connectivity index (χ0v) is 14.9. The van der Waals surface area contributed by atoms with Crippen LogP contribution >= 0.6 is 0 Å². The fourth-order valence-electron chi connectivity index (χ4n) is 3.37. The molecule has 0 aliphatic carbocycles. The zero-order chi connectivity index (χ0) is 17.8. The number of furan rings is 1. The number of aromatic amines is 1. The summed E-state index contributed by atoms with van der Waals surface area (Å²) in [5.41, 5.74) is 0. The molecule has 9 heteroatoms. The summed E-state index contributed by atoms with van der Waals surface area (Å²) >= 11 is 0. The van der Waals surface area contributed by atoms with Crippen LogP contribution in [0, 0.1) is 0 Å². The van der Waals surface area contributed by atoms with Crippen LogP contribution < -0.4 is 5.32 Å². The first-order valence-electron chi connectivity index (χ1n) is 8.97. The maximum atomic E-state index is 5.91. The van der Waals surface area contributed by atoms with Crippen molar-refractivity contribution in [3.8, 4) is 11.6 Å². The fourth-order valence-corrected chi connectivity index (χ4v) is 3.37. The number of H-pyrrole nitrogens is 1. The van der Waals surface area contributed by atoms with E-state index in [9.17, 15) is 0 Å². The lowest BCUT2D eigenvalue weighted by Crippen LogP contribution is -2.53. The number of hydrogen-bond acceptors (Lipinski definition) is 6. The summed E-state index contributed by atoms with van der Waals surface area (Å²) in [6.07, 6.45) is 4.08. The smallest absolute Gasteiger partial charge is 0.216 e. The number of morpholine rings is 1. The first-order chi connectivity index (χ1) is 12.8. The van der Waals surface area contributed by atoms with Gasteiger partial charge in [-0.15, -0.1) is 5.10 Å². The number of aromatic nitrogens is 3. The number of nitrogens with one attached hydrogen (secondary N) is 2. The van der Waals surface area contributed by atoms with E-state index in [1.807, 2.05) is 12.1 Å². The highest BCUT2D eigenvalue weighted by molar-refractivity contribution is 5.79. The molecule has 0 bridgehead atoms. The van der Waals surface area contributed by atoms with Crippen LogP contribution in [0.15, 0.2) is 27.8 Å². The van der Waals surface area contributed by atoms with Crippen LogP contribution in [0.2, 0.25) is 0 Å². The summed E-state index contributed by atoms with van der Waals surface area (Å²) in [7, 11) is 1.79. The van der Waals surface area contributed by atoms with E-state index < -0.39 is 0 Å². The van der Waals surface area contributed by atoms with E-state index in [-0.39, 0.29) is 12.2 Å². The molecule has 2 unspecified atom stereocenters. The van der Waals surface area contributed by atoms with E-state index in [2.05, 4.69) is 30.4 Å². The molecule has 2 aromatic heterocycles. The molecule has 2 atom stereocenters. The van der Waals surface area contributed by atoms with Gasteiger partial charge in [0.15, 0.2) is 11.7 Å². The van der Waals surface area contributed by atoms with E-state index in [0.717, 1.165) is 44.3 Å². The van der Waals surface area contributed by atoms with Gasteiger partial charge in [-0.05, 0) is 25.0 Å². The van der Waals surface area contributed by atoms with Crippen LogP contribution in [-0.4, -0.2) is 71.6 Å². The first-order valence-corrected chi connectivity index (χ1v) is 8.97. The SMILES string of the molecule is CN=C(NCc1nc(-c2ccco2)n[nH]1)N1CCOC(C2CCCO2)C1. The van der Waals surface area contributed by atoms with Crippen LogP contribution in [0.5, 0.6) is 0 Å². The molecule has 4 heterocycles. The maximum Gasteiger partial charge on any atom is 0.216 e. The topological polar surface area (TPSA) is 101 Å². The van der Waals surface area contributed by atoms with Gasteiger partial charge < -0.3 is 24.1 Å². The standard InChI is InChI=1S/C17H24N6O3/c1-18-17(23-6-9-26-14(11-23)12-4-2-7-24-12)19-10-15-20-16(22-21-15)13-5-3-8-25-13/h3,5,8,12,14H,2,4,6-7,9-11H2,1H3,(H,18,19)(H,20,21,22). The largest absolute Gasteiger partial charge is 0.461 e. The van der Waals surface area contributed by atoms with Crippen molar-refractivity contribution in [3.05, 3.63) is 24.2 Å². The molecule has 2 aromatic rings. The molecule has 0 aromatic carbocycles. The molecule has 0 amide bonds. The van der Waals surface area contributed by atoms with Crippen molar-refractivity contribution in [2.75, 3.05) is 33.4 Å². The van der Waals surface area contributed by atoms with Gasteiger partial charge in [0, 0.05) is 26.7 Å². The predicted octanol–water partition coefficient (Wildman–Crippen LogP) is 1.02. The van der Waals surface area contributed by atoms with Crippen molar-refractivity contribution >= 4 is 5.96 Å². The highest BCUT2D eigenvalue weighted by Gasteiger charge is 2.32. The van der Waals surface area contributed by atoms with E-state index in [4.69, 9.17) is 13.9 Å². The molecular formula is C17H24N6O3. The van der Waals surface area contributed by atoms with Gasteiger partial charge in [-0.2, -0.15) is 0 Å². The normalized spacial score (nSPS) is 24.2. The molecule has 9 nitrogen and oxygen atoms in total. The van der Waals surface area contributed by atoms with Crippen molar-refractivity contribution in [3.63, 3.8) is 0 Å². The highest BCUT2D eigenvalue weighted by atomic mass is 16.5. The second-order valence-corrected chi connectivity index (χ2v) is 6.39. The van der Waals surface area contributed by atoms with E-state index >= 15 is 0 Å². The monoisotopic (exact) mass is 360 g/mol. The Kier molecular flexibility index (Phi) is 5.16. The highest BCUT2D eigenvalue weighted by Crippen LogP contribution is 2.21. The van der Waals surface area contributed by atoms with Crippen molar-refractivity contribution in [1.29, 1.82) is 0 Å². The van der Waals surface area contributed by atoms with Crippen LogP contribution in [0.3, 0.4) is 0 Å². The third-order valence-electron chi connectivity index (χ3n) is 4.67. The van der Waals surface area contributed by atoms with Gasteiger partial charge in [0.25, 0.3) is 0 Å². The third kappa shape index (κ3) is 3.73. The number of ether oxygens (including phenoxy) is 2. The average molecular weight is 360 g/mol. The molecule has 2 N–H and O–H groups in total. The predicted molar refractivity (Wildman–Crippen MR) is 94.6 cm³/mol. The number of hydrogen-bond donors (Lipinski definition) is 2. The Balaban J connectivity index is 1.34. The molecule has 26 heavy (non-hydrogen) atoms. The van der Waals surface area contributed by atoms with Crippen molar-refractivity contribution in [2.45, 2.75) is 31.6 Å². The number of aliphatic imine (C=N–C) groups is 1. The molecule has 2 aliphatic rings. The minimum Gasteiger partial charge on any atom is -0.461 e. The lowest BCUT2D eigenvalue weighted by molar-refractivity contribution is -0.0817. The molecule has 2 fully saturated rings. The average Bonchev–Trinajstić information content (AvgIpc) is 3.43. The van der Waals surface area contributed by atoms with E-state index in [1.165, 1.54) is 0 Å². The van der Waals surface area contributed by atoms with Gasteiger partial charge in [0.2, 0.25) is 5.82 Å². The van der Waals surface area contributed by atoms with Gasteiger partial charge >= 0.3 is 0 Å². The lowest BCUT2D eigenvalue weighted by Gasteiger charge is -2.37. The summed E-state index contributed by atoms with van der Waals surface area (Å²) in [6.45, 7) is 3.59. The quantitative estimate of drug-likeness (QED) is 0.620. The van der Waals surface area contributed by atoms with Crippen molar-refractivity contribution in [2.24, 2.45) is 4.99 Å². The molecule has 0 saturated carbocycles. The van der Waals surface area contributed by atoms with Gasteiger partial charge in [-0.1, -0.05) is 0 Å².